The molecule has 0 aliphatic rings. The van der Waals surface area contributed by atoms with Crippen LogP contribution in [0.15, 0.2) is 64.2 Å². The summed E-state index contributed by atoms with van der Waals surface area (Å²) in [6.45, 7) is 3.44. The number of amides is 1. The zero-order valence-electron chi connectivity index (χ0n) is 16.3. The van der Waals surface area contributed by atoms with Crippen LogP contribution in [0.2, 0.25) is 5.02 Å². The number of thiophene rings is 1. The van der Waals surface area contributed by atoms with E-state index in [-0.39, 0.29) is 12.5 Å². The number of anilines is 1. The van der Waals surface area contributed by atoms with E-state index in [2.05, 4.69) is 5.32 Å². The number of nitrogens with zero attached hydrogens (tertiary/aromatic N) is 2. The fourth-order valence-corrected chi connectivity index (χ4v) is 4.46. The van der Waals surface area contributed by atoms with E-state index in [0.717, 1.165) is 15.0 Å². The molecule has 0 aliphatic carbocycles. The maximum absolute atomic E-state index is 13.3. The first kappa shape index (κ1) is 20.1. The lowest BCUT2D eigenvalue weighted by Gasteiger charge is -2.13. The van der Waals surface area contributed by atoms with E-state index >= 15 is 0 Å². The molecule has 1 amide bonds. The lowest BCUT2D eigenvalue weighted by molar-refractivity contribution is -0.116. The second kappa shape index (κ2) is 7.93. The minimum atomic E-state index is -0.557. The number of halogens is 1. The van der Waals surface area contributed by atoms with Crippen LogP contribution in [-0.4, -0.2) is 15.0 Å². The van der Waals surface area contributed by atoms with Gasteiger partial charge in [-0.15, -0.1) is 11.3 Å². The van der Waals surface area contributed by atoms with Crippen LogP contribution >= 0.6 is 22.9 Å². The highest BCUT2D eigenvalue weighted by molar-refractivity contribution is 7.18. The lowest BCUT2D eigenvalue weighted by atomic mass is 10.2. The number of carbonyl (C=O) groups excluding carboxylic acids is 1. The molecule has 30 heavy (non-hydrogen) atoms. The Morgan fingerprint density at radius 1 is 1.07 bits per heavy atom. The number of hydrogen-bond acceptors (Lipinski definition) is 4. The van der Waals surface area contributed by atoms with Gasteiger partial charge < -0.3 is 5.32 Å². The molecule has 0 saturated heterocycles. The molecule has 0 fully saturated rings. The third-order valence-electron chi connectivity index (χ3n) is 4.79. The fourth-order valence-electron chi connectivity index (χ4n) is 3.29. The Kier molecular flexibility index (Phi) is 5.32. The summed E-state index contributed by atoms with van der Waals surface area (Å²) in [5, 5.41) is 3.76. The number of rotatable bonds is 4. The Morgan fingerprint density at radius 2 is 1.80 bits per heavy atom. The van der Waals surface area contributed by atoms with Crippen LogP contribution in [0, 0.1) is 13.8 Å². The second-order valence-electron chi connectivity index (χ2n) is 6.88. The molecule has 0 saturated carbocycles. The molecule has 0 bridgehead atoms. The summed E-state index contributed by atoms with van der Waals surface area (Å²) in [6, 6.07) is 15.7. The van der Waals surface area contributed by atoms with Crippen molar-refractivity contribution < 1.29 is 4.79 Å². The zero-order valence-corrected chi connectivity index (χ0v) is 17.9. The smallest absolute Gasteiger partial charge is 0.324 e. The molecule has 4 aromatic rings. The van der Waals surface area contributed by atoms with Gasteiger partial charge in [0, 0.05) is 15.6 Å². The highest BCUT2D eigenvalue weighted by Gasteiger charge is 2.19. The molecule has 2 aromatic heterocycles. The van der Waals surface area contributed by atoms with Crippen LogP contribution in [-0.2, 0) is 11.3 Å². The van der Waals surface area contributed by atoms with Gasteiger partial charge in [0.2, 0.25) is 5.91 Å². The molecule has 0 radical (unpaired) electrons. The van der Waals surface area contributed by atoms with Crippen molar-refractivity contribution in [2.24, 2.45) is 0 Å². The minimum Gasteiger partial charge on any atom is -0.324 e. The molecule has 6 nitrogen and oxygen atoms in total. The number of benzene rings is 2. The van der Waals surface area contributed by atoms with E-state index < -0.39 is 11.2 Å². The van der Waals surface area contributed by atoms with Crippen molar-refractivity contribution in [3.8, 4) is 5.69 Å². The van der Waals surface area contributed by atoms with Crippen molar-refractivity contribution in [2.75, 3.05) is 5.32 Å². The Bertz CT molecular complexity index is 1390. The van der Waals surface area contributed by atoms with Gasteiger partial charge in [0.1, 0.15) is 11.4 Å². The maximum atomic E-state index is 13.3. The van der Waals surface area contributed by atoms with E-state index in [1.807, 2.05) is 6.92 Å². The van der Waals surface area contributed by atoms with E-state index in [9.17, 15) is 14.4 Å². The number of nitrogens with one attached hydrogen (secondary N) is 1. The molecular weight excluding hydrogens is 422 g/mol. The molecule has 152 valence electrons. The molecular formula is C22H18ClN3O3S. The van der Waals surface area contributed by atoms with Crippen LogP contribution < -0.4 is 16.6 Å². The first-order valence-corrected chi connectivity index (χ1v) is 10.4. The topological polar surface area (TPSA) is 73.1 Å². The van der Waals surface area contributed by atoms with Gasteiger partial charge in [0.25, 0.3) is 5.56 Å². The Morgan fingerprint density at radius 3 is 2.53 bits per heavy atom. The van der Waals surface area contributed by atoms with Crippen LogP contribution in [0.1, 0.15) is 10.4 Å². The normalized spacial score (nSPS) is 11.0. The van der Waals surface area contributed by atoms with Crippen molar-refractivity contribution in [1.82, 2.24) is 9.13 Å². The minimum absolute atomic E-state index is 0.228. The molecule has 0 unspecified atom stereocenters. The van der Waals surface area contributed by atoms with E-state index in [0.29, 0.717) is 26.6 Å². The molecule has 1 N–H and O–H groups in total. The van der Waals surface area contributed by atoms with Crippen molar-refractivity contribution in [2.45, 2.75) is 20.4 Å². The van der Waals surface area contributed by atoms with E-state index in [4.69, 9.17) is 11.6 Å². The summed E-state index contributed by atoms with van der Waals surface area (Å²) in [5.41, 5.74) is 0.825. The quantitative estimate of drug-likeness (QED) is 0.519. The van der Waals surface area contributed by atoms with Crippen LogP contribution in [0.4, 0.5) is 5.69 Å². The van der Waals surface area contributed by atoms with Crippen molar-refractivity contribution in [3.05, 3.63) is 90.9 Å². The molecule has 0 spiro atoms. The predicted molar refractivity (Wildman–Crippen MR) is 121 cm³/mol. The molecule has 2 heterocycles. The van der Waals surface area contributed by atoms with Crippen LogP contribution in [0.3, 0.4) is 0 Å². The lowest BCUT2D eigenvalue weighted by Crippen LogP contribution is -2.40. The third kappa shape index (κ3) is 3.58. The molecule has 8 heteroatoms. The number of hydrogen-bond donors (Lipinski definition) is 1. The fraction of sp³-hybridized carbons (Fsp3) is 0.136. The summed E-state index contributed by atoms with van der Waals surface area (Å²) in [6.07, 6.45) is 0. The summed E-state index contributed by atoms with van der Waals surface area (Å²) in [5.74, 6) is -0.381. The number of fused-ring (bicyclic) bond motifs is 1. The molecule has 4 rings (SSSR count). The van der Waals surface area contributed by atoms with Gasteiger partial charge in [0.15, 0.2) is 0 Å². The van der Waals surface area contributed by atoms with Gasteiger partial charge in [-0.25, -0.2) is 9.36 Å². The Labute approximate surface area is 181 Å². The SMILES string of the molecule is Cc1cc2c(=O)n(-c3ccccc3)c(=O)n(CC(=O)Nc3cccc(Cl)c3C)c2s1. The number of para-hydroxylation sites is 1. The molecule has 2 aromatic carbocycles. The van der Waals surface area contributed by atoms with Gasteiger partial charge >= 0.3 is 5.69 Å². The highest BCUT2D eigenvalue weighted by atomic mass is 35.5. The summed E-state index contributed by atoms with van der Waals surface area (Å²) in [4.78, 5) is 40.4. The van der Waals surface area contributed by atoms with Gasteiger partial charge in [-0.1, -0.05) is 35.9 Å². The van der Waals surface area contributed by atoms with Gasteiger partial charge in [-0.3, -0.25) is 14.2 Å². The van der Waals surface area contributed by atoms with E-state index in [1.54, 1.807) is 61.5 Å². The average molecular weight is 440 g/mol. The molecule has 0 atom stereocenters. The first-order valence-electron chi connectivity index (χ1n) is 9.23. The molecule has 0 aliphatic heterocycles. The van der Waals surface area contributed by atoms with Gasteiger partial charge in [-0.2, -0.15) is 0 Å². The predicted octanol–water partition coefficient (Wildman–Crippen LogP) is 4.12. The maximum Gasteiger partial charge on any atom is 0.337 e. The van der Waals surface area contributed by atoms with Gasteiger partial charge in [0.05, 0.1) is 11.1 Å². The number of carbonyl (C=O) groups is 1. The van der Waals surface area contributed by atoms with Gasteiger partial charge in [-0.05, 0) is 49.7 Å². The summed E-state index contributed by atoms with van der Waals surface area (Å²) >= 11 is 7.44. The monoisotopic (exact) mass is 439 g/mol. The van der Waals surface area contributed by atoms with Crippen LogP contribution in [0.25, 0.3) is 15.9 Å². The number of aryl methyl sites for hydroxylation is 1. The summed E-state index contributed by atoms with van der Waals surface area (Å²) in [7, 11) is 0. The highest BCUT2D eigenvalue weighted by Crippen LogP contribution is 2.24. The first-order chi connectivity index (χ1) is 14.4. The van der Waals surface area contributed by atoms with E-state index in [1.165, 1.54) is 15.9 Å². The number of aromatic nitrogens is 2. The average Bonchev–Trinajstić information content (AvgIpc) is 3.11. The van der Waals surface area contributed by atoms with Crippen LogP contribution in [0.5, 0.6) is 0 Å². The van der Waals surface area contributed by atoms with Crippen molar-refractivity contribution in [1.29, 1.82) is 0 Å². The Hall–Kier alpha value is -3.16. The third-order valence-corrected chi connectivity index (χ3v) is 6.28. The van der Waals surface area contributed by atoms with Crippen molar-refractivity contribution >= 4 is 44.7 Å². The summed E-state index contributed by atoms with van der Waals surface area (Å²) < 4.78 is 2.45. The Balaban J connectivity index is 1.82. The zero-order chi connectivity index (χ0) is 21.4. The standard InChI is InChI=1S/C22H18ClN3O3S/c1-13-11-16-20(28)26(15-7-4-3-5-8-15)22(29)25(21(16)30-13)12-19(27)24-18-10-6-9-17(23)14(18)2/h3-11H,12H2,1-2H3,(H,24,27). The largest absolute Gasteiger partial charge is 0.337 e. The van der Waals surface area contributed by atoms with Crippen molar-refractivity contribution in [3.63, 3.8) is 0 Å². The second-order valence-corrected chi connectivity index (χ2v) is 8.52.